The molecular formula is C20H24N4O3S. The van der Waals surface area contributed by atoms with Gasteiger partial charge in [-0.1, -0.05) is 13.8 Å². The van der Waals surface area contributed by atoms with Crippen LogP contribution in [0, 0.1) is 5.92 Å². The van der Waals surface area contributed by atoms with Crippen LogP contribution in [0.4, 0.5) is 5.13 Å². The van der Waals surface area contributed by atoms with E-state index in [1.807, 2.05) is 45.2 Å². The molecule has 2 amide bonds. The molecular weight excluding hydrogens is 376 g/mol. The van der Waals surface area contributed by atoms with E-state index in [1.165, 1.54) is 11.3 Å². The third-order valence-electron chi connectivity index (χ3n) is 4.48. The monoisotopic (exact) mass is 400 g/mol. The number of amides is 2. The van der Waals surface area contributed by atoms with Crippen LogP contribution in [-0.4, -0.2) is 34.5 Å². The minimum absolute atomic E-state index is 0.240. The fraction of sp³-hybridized carbons (Fsp3) is 0.350. The number of nitrogens with zero attached hydrogens (tertiary/aromatic N) is 2. The summed E-state index contributed by atoms with van der Waals surface area (Å²) >= 11 is 1.34. The zero-order valence-electron chi connectivity index (χ0n) is 16.4. The molecule has 28 heavy (non-hydrogen) atoms. The molecule has 0 aliphatic carbocycles. The van der Waals surface area contributed by atoms with Crippen molar-refractivity contribution in [3.05, 3.63) is 41.5 Å². The number of thiazole rings is 1. The Hall–Kier alpha value is -2.87. The Labute approximate surface area is 167 Å². The van der Waals surface area contributed by atoms with Crippen molar-refractivity contribution in [2.75, 3.05) is 12.4 Å². The average molecular weight is 401 g/mol. The van der Waals surface area contributed by atoms with Gasteiger partial charge in [0.25, 0.3) is 5.91 Å². The Morgan fingerprint density at radius 3 is 2.71 bits per heavy atom. The first-order chi connectivity index (χ1) is 13.4. The van der Waals surface area contributed by atoms with Crippen molar-refractivity contribution in [2.24, 2.45) is 13.0 Å². The molecule has 1 aromatic carbocycles. The minimum Gasteiger partial charge on any atom is -0.497 e. The molecule has 148 valence electrons. The van der Waals surface area contributed by atoms with Gasteiger partial charge in [-0.15, -0.1) is 11.3 Å². The lowest BCUT2D eigenvalue weighted by atomic mass is 10.0. The molecule has 0 aliphatic heterocycles. The van der Waals surface area contributed by atoms with Crippen LogP contribution in [0.5, 0.6) is 5.75 Å². The summed E-state index contributed by atoms with van der Waals surface area (Å²) in [4.78, 5) is 29.7. The van der Waals surface area contributed by atoms with Crippen LogP contribution in [0.3, 0.4) is 0 Å². The van der Waals surface area contributed by atoms with Crippen molar-refractivity contribution in [3.8, 4) is 5.75 Å². The van der Waals surface area contributed by atoms with E-state index in [0.29, 0.717) is 17.2 Å². The van der Waals surface area contributed by atoms with E-state index in [0.717, 1.165) is 16.7 Å². The molecule has 0 saturated heterocycles. The highest BCUT2D eigenvalue weighted by atomic mass is 32.1. The maximum atomic E-state index is 12.9. The Balaban J connectivity index is 1.82. The van der Waals surface area contributed by atoms with Crippen molar-refractivity contribution in [1.82, 2.24) is 14.9 Å². The predicted octanol–water partition coefficient (Wildman–Crippen LogP) is 3.43. The summed E-state index contributed by atoms with van der Waals surface area (Å²) in [6.07, 6.45) is 2.15. The second-order valence-electron chi connectivity index (χ2n) is 7.00. The number of benzene rings is 1. The maximum Gasteiger partial charge on any atom is 0.268 e. The van der Waals surface area contributed by atoms with Crippen LogP contribution >= 0.6 is 11.3 Å². The standard InChI is InChI=1S/C20H24N4O3S/c1-12(2)9-15(18(25)23-20-21-7-8-28-20)22-19(26)17-10-13-5-6-14(27-4)11-16(13)24(17)3/h5-8,10-12,15H,9H2,1-4H3,(H,22,26)(H,21,23,25). The number of methoxy groups -OCH3 is 1. The molecule has 0 fully saturated rings. The highest BCUT2D eigenvalue weighted by Crippen LogP contribution is 2.24. The number of fused-ring (bicyclic) bond motifs is 1. The first kappa shape index (κ1) is 19.9. The number of rotatable bonds is 7. The second-order valence-corrected chi connectivity index (χ2v) is 7.89. The molecule has 0 radical (unpaired) electrons. The lowest BCUT2D eigenvalue weighted by Crippen LogP contribution is -2.45. The fourth-order valence-electron chi connectivity index (χ4n) is 3.07. The first-order valence-electron chi connectivity index (χ1n) is 9.03. The molecule has 0 spiro atoms. The second kappa shape index (κ2) is 8.43. The van der Waals surface area contributed by atoms with Gasteiger partial charge in [0.05, 0.1) is 12.6 Å². The van der Waals surface area contributed by atoms with Crippen molar-refractivity contribution in [3.63, 3.8) is 0 Å². The van der Waals surface area contributed by atoms with Gasteiger partial charge >= 0.3 is 0 Å². The molecule has 1 unspecified atom stereocenters. The van der Waals surface area contributed by atoms with Crippen LogP contribution in [0.15, 0.2) is 35.8 Å². The fourth-order valence-corrected chi connectivity index (χ4v) is 3.60. The topological polar surface area (TPSA) is 85.2 Å². The lowest BCUT2D eigenvalue weighted by Gasteiger charge is -2.19. The molecule has 2 heterocycles. The smallest absolute Gasteiger partial charge is 0.268 e. The van der Waals surface area contributed by atoms with E-state index in [4.69, 9.17) is 4.74 Å². The minimum atomic E-state index is -0.649. The summed E-state index contributed by atoms with van der Waals surface area (Å²) < 4.78 is 7.07. The summed E-state index contributed by atoms with van der Waals surface area (Å²) in [5.74, 6) is 0.403. The molecule has 3 rings (SSSR count). The maximum absolute atomic E-state index is 12.9. The van der Waals surface area contributed by atoms with Gasteiger partial charge in [-0.25, -0.2) is 4.98 Å². The van der Waals surface area contributed by atoms with E-state index in [2.05, 4.69) is 15.6 Å². The third-order valence-corrected chi connectivity index (χ3v) is 5.17. The summed E-state index contributed by atoms with van der Waals surface area (Å²) in [6.45, 7) is 4.03. The number of ether oxygens (including phenoxy) is 1. The number of anilines is 1. The van der Waals surface area contributed by atoms with Crippen molar-refractivity contribution < 1.29 is 14.3 Å². The molecule has 2 N–H and O–H groups in total. The van der Waals surface area contributed by atoms with E-state index >= 15 is 0 Å². The van der Waals surface area contributed by atoms with Gasteiger partial charge in [-0.05, 0) is 30.5 Å². The van der Waals surface area contributed by atoms with E-state index in [-0.39, 0.29) is 17.7 Å². The van der Waals surface area contributed by atoms with E-state index in [9.17, 15) is 9.59 Å². The van der Waals surface area contributed by atoms with Gasteiger partial charge in [0.15, 0.2) is 5.13 Å². The largest absolute Gasteiger partial charge is 0.497 e. The Morgan fingerprint density at radius 1 is 1.29 bits per heavy atom. The Kier molecular flexibility index (Phi) is 5.99. The number of aromatic nitrogens is 2. The predicted molar refractivity (Wildman–Crippen MR) is 111 cm³/mol. The quantitative estimate of drug-likeness (QED) is 0.636. The highest BCUT2D eigenvalue weighted by molar-refractivity contribution is 7.13. The van der Waals surface area contributed by atoms with Crippen LogP contribution in [-0.2, 0) is 11.8 Å². The first-order valence-corrected chi connectivity index (χ1v) is 9.91. The van der Waals surface area contributed by atoms with Crippen LogP contribution < -0.4 is 15.4 Å². The summed E-state index contributed by atoms with van der Waals surface area (Å²) in [5.41, 5.74) is 1.37. The van der Waals surface area contributed by atoms with Crippen molar-refractivity contribution >= 4 is 39.2 Å². The van der Waals surface area contributed by atoms with Gasteiger partial charge in [-0.2, -0.15) is 0 Å². The van der Waals surface area contributed by atoms with Crippen LogP contribution in [0.2, 0.25) is 0 Å². The Morgan fingerprint density at radius 2 is 2.07 bits per heavy atom. The third kappa shape index (κ3) is 4.33. The summed E-state index contributed by atoms with van der Waals surface area (Å²) in [6, 6.07) is 6.81. The van der Waals surface area contributed by atoms with Gasteiger partial charge < -0.3 is 19.9 Å². The molecule has 0 aliphatic rings. The SMILES string of the molecule is COc1ccc2cc(C(=O)NC(CC(C)C)C(=O)Nc3nccs3)n(C)c2c1. The molecule has 3 aromatic rings. The van der Waals surface area contributed by atoms with E-state index < -0.39 is 6.04 Å². The van der Waals surface area contributed by atoms with Crippen molar-refractivity contribution in [2.45, 2.75) is 26.3 Å². The zero-order chi connectivity index (χ0) is 20.3. The van der Waals surface area contributed by atoms with Gasteiger partial charge in [0, 0.05) is 30.1 Å². The zero-order valence-corrected chi connectivity index (χ0v) is 17.2. The van der Waals surface area contributed by atoms with Crippen molar-refractivity contribution in [1.29, 1.82) is 0 Å². The van der Waals surface area contributed by atoms with Gasteiger partial charge in [-0.3, -0.25) is 9.59 Å². The number of aryl methyl sites for hydroxylation is 1. The number of carbonyl (C=O) groups is 2. The molecule has 7 nitrogen and oxygen atoms in total. The van der Waals surface area contributed by atoms with Gasteiger partial charge in [0.1, 0.15) is 17.5 Å². The normalized spacial score (nSPS) is 12.2. The van der Waals surface area contributed by atoms with Crippen LogP contribution in [0.25, 0.3) is 10.9 Å². The molecule has 0 bridgehead atoms. The lowest BCUT2D eigenvalue weighted by molar-refractivity contribution is -0.118. The summed E-state index contributed by atoms with van der Waals surface area (Å²) in [5, 5.41) is 8.89. The van der Waals surface area contributed by atoms with E-state index in [1.54, 1.807) is 23.3 Å². The molecule has 2 aromatic heterocycles. The van der Waals surface area contributed by atoms with Gasteiger partial charge in [0.2, 0.25) is 5.91 Å². The molecule has 8 heteroatoms. The molecule has 0 saturated carbocycles. The highest BCUT2D eigenvalue weighted by Gasteiger charge is 2.25. The number of hydrogen-bond acceptors (Lipinski definition) is 5. The van der Waals surface area contributed by atoms with Crippen LogP contribution in [0.1, 0.15) is 30.8 Å². The number of hydrogen-bond donors (Lipinski definition) is 2. The summed E-state index contributed by atoms with van der Waals surface area (Å²) in [7, 11) is 3.43. The number of carbonyl (C=O) groups excluding carboxylic acids is 2. The average Bonchev–Trinajstić information content (AvgIpc) is 3.28. The Bertz CT molecular complexity index is 979. The number of nitrogens with one attached hydrogen (secondary N) is 2. The molecule has 1 atom stereocenters.